The SMILES string of the molecule is Cc1cc2c(NN)nc(C3CCC3)nc2s1. The van der Waals surface area contributed by atoms with Gasteiger partial charge in [0, 0.05) is 10.8 Å². The molecule has 16 heavy (non-hydrogen) atoms. The Bertz CT molecular complexity index is 530. The number of aromatic nitrogens is 2. The van der Waals surface area contributed by atoms with Crippen molar-refractivity contribution in [1.82, 2.24) is 9.97 Å². The molecule has 1 fully saturated rings. The van der Waals surface area contributed by atoms with Crippen LogP contribution < -0.4 is 11.3 Å². The topological polar surface area (TPSA) is 63.8 Å². The Morgan fingerprint density at radius 1 is 1.44 bits per heavy atom. The molecule has 2 heterocycles. The van der Waals surface area contributed by atoms with E-state index in [-0.39, 0.29) is 0 Å². The molecule has 0 spiro atoms. The summed E-state index contributed by atoms with van der Waals surface area (Å²) in [7, 11) is 0. The molecule has 0 atom stereocenters. The summed E-state index contributed by atoms with van der Waals surface area (Å²) in [6.07, 6.45) is 3.71. The Kier molecular flexibility index (Phi) is 2.29. The number of nitrogens with zero attached hydrogens (tertiary/aromatic N) is 2. The van der Waals surface area contributed by atoms with Gasteiger partial charge in [0.2, 0.25) is 0 Å². The maximum atomic E-state index is 5.52. The van der Waals surface area contributed by atoms with Gasteiger partial charge in [0.25, 0.3) is 0 Å². The van der Waals surface area contributed by atoms with E-state index in [0.717, 1.165) is 21.9 Å². The van der Waals surface area contributed by atoms with E-state index in [9.17, 15) is 0 Å². The van der Waals surface area contributed by atoms with E-state index in [1.807, 2.05) is 0 Å². The van der Waals surface area contributed by atoms with Gasteiger partial charge in [-0.25, -0.2) is 15.8 Å². The van der Waals surface area contributed by atoms with Crippen LogP contribution in [0.25, 0.3) is 10.2 Å². The van der Waals surface area contributed by atoms with E-state index in [0.29, 0.717) is 5.92 Å². The minimum absolute atomic E-state index is 0.541. The van der Waals surface area contributed by atoms with Crippen molar-refractivity contribution in [3.05, 3.63) is 16.8 Å². The van der Waals surface area contributed by atoms with Gasteiger partial charge in [0.15, 0.2) is 5.82 Å². The number of nitrogens with one attached hydrogen (secondary N) is 1. The zero-order valence-electron chi connectivity index (χ0n) is 9.16. The molecule has 2 aromatic rings. The molecule has 84 valence electrons. The van der Waals surface area contributed by atoms with Gasteiger partial charge in [-0.1, -0.05) is 6.42 Å². The molecule has 1 aliphatic carbocycles. The molecule has 5 heteroatoms. The van der Waals surface area contributed by atoms with Crippen molar-refractivity contribution in [2.24, 2.45) is 5.84 Å². The molecule has 0 radical (unpaired) electrons. The standard InChI is InChI=1S/C11H14N4S/c1-6-5-8-10(15-12)13-9(7-3-2-4-7)14-11(8)16-6/h5,7H,2-4,12H2,1H3,(H,13,14,15). The number of hydrogen-bond donors (Lipinski definition) is 2. The van der Waals surface area contributed by atoms with Crippen LogP contribution in [0.2, 0.25) is 0 Å². The minimum Gasteiger partial charge on any atom is -0.308 e. The maximum Gasteiger partial charge on any atom is 0.152 e. The number of hydrogen-bond acceptors (Lipinski definition) is 5. The quantitative estimate of drug-likeness (QED) is 0.619. The highest BCUT2D eigenvalue weighted by molar-refractivity contribution is 7.18. The lowest BCUT2D eigenvalue weighted by Crippen LogP contribution is -2.15. The number of nitrogens with two attached hydrogens (primary N) is 1. The summed E-state index contributed by atoms with van der Waals surface area (Å²) < 4.78 is 0. The Balaban J connectivity index is 2.16. The molecule has 0 aliphatic heterocycles. The Morgan fingerprint density at radius 3 is 2.88 bits per heavy atom. The fraction of sp³-hybridized carbons (Fsp3) is 0.455. The van der Waals surface area contributed by atoms with Crippen molar-refractivity contribution in [1.29, 1.82) is 0 Å². The van der Waals surface area contributed by atoms with Gasteiger partial charge in [0.1, 0.15) is 10.7 Å². The molecule has 0 unspecified atom stereocenters. The zero-order chi connectivity index (χ0) is 11.1. The highest BCUT2D eigenvalue weighted by atomic mass is 32.1. The second kappa shape index (κ2) is 3.68. The van der Waals surface area contributed by atoms with Crippen molar-refractivity contribution < 1.29 is 0 Å². The normalized spacial score (nSPS) is 16.4. The van der Waals surface area contributed by atoms with E-state index in [4.69, 9.17) is 5.84 Å². The lowest BCUT2D eigenvalue weighted by atomic mass is 9.85. The molecule has 0 saturated heterocycles. The number of nitrogen functional groups attached to an aromatic ring is 1. The average molecular weight is 234 g/mol. The van der Waals surface area contributed by atoms with E-state index in [1.54, 1.807) is 11.3 Å². The lowest BCUT2D eigenvalue weighted by molar-refractivity contribution is 0.403. The first-order valence-corrected chi connectivity index (χ1v) is 6.34. The van der Waals surface area contributed by atoms with Crippen molar-refractivity contribution in [3.8, 4) is 0 Å². The van der Waals surface area contributed by atoms with Crippen molar-refractivity contribution in [2.75, 3.05) is 5.43 Å². The second-order valence-electron chi connectivity index (χ2n) is 4.28. The predicted molar refractivity (Wildman–Crippen MR) is 66.6 cm³/mol. The predicted octanol–water partition coefficient (Wildman–Crippen LogP) is 2.55. The number of fused-ring (bicyclic) bond motifs is 1. The number of rotatable bonds is 2. The Labute approximate surface area is 97.9 Å². The van der Waals surface area contributed by atoms with Crippen LogP contribution in [0, 0.1) is 6.92 Å². The summed E-state index contributed by atoms with van der Waals surface area (Å²) in [6, 6.07) is 2.08. The summed E-state index contributed by atoms with van der Waals surface area (Å²) >= 11 is 1.70. The first-order valence-electron chi connectivity index (χ1n) is 5.52. The first kappa shape index (κ1) is 9.99. The molecule has 1 aliphatic rings. The minimum atomic E-state index is 0.541. The van der Waals surface area contributed by atoms with Crippen LogP contribution in [0.15, 0.2) is 6.07 Å². The van der Waals surface area contributed by atoms with Crippen LogP contribution in [-0.4, -0.2) is 9.97 Å². The summed E-state index contributed by atoms with van der Waals surface area (Å²) in [5, 5.41) is 1.04. The number of anilines is 1. The first-order chi connectivity index (χ1) is 7.78. The van der Waals surface area contributed by atoms with E-state index in [2.05, 4.69) is 28.4 Å². The van der Waals surface area contributed by atoms with Crippen molar-refractivity contribution in [2.45, 2.75) is 32.1 Å². The smallest absolute Gasteiger partial charge is 0.152 e. The van der Waals surface area contributed by atoms with Gasteiger partial charge in [-0.2, -0.15) is 0 Å². The van der Waals surface area contributed by atoms with Crippen LogP contribution in [0.5, 0.6) is 0 Å². The van der Waals surface area contributed by atoms with Crippen LogP contribution in [-0.2, 0) is 0 Å². The molecular weight excluding hydrogens is 220 g/mol. The van der Waals surface area contributed by atoms with Gasteiger partial charge in [0.05, 0.1) is 5.39 Å². The van der Waals surface area contributed by atoms with Gasteiger partial charge >= 0.3 is 0 Å². The van der Waals surface area contributed by atoms with Crippen molar-refractivity contribution in [3.63, 3.8) is 0 Å². The second-order valence-corrected chi connectivity index (χ2v) is 5.51. The molecular formula is C11H14N4S. The van der Waals surface area contributed by atoms with Gasteiger partial charge in [-0.05, 0) is 25.8 Å². The summed E-state index contributed by atoms with van der Waals surface area (Å²) in [5.41, 5.74) is 2.68. The Hall–Kier alpha value is -1.20. The van der Waals surface area contributed by atoms with E-state index in [1.165, 1.54) is 24.1 Å². The van der Waals surface area contributed by atoms with Crippen molar-refractivity contribution >= 4 is 27.4 Å². The average Bonchev–Trinajstić information content (AvgIpc) is 2.54. The summed E-state index contributed by atoms with van der Waals surface area (Å²) in [6.45, 7) is 2.08. The highest BCUT2D eigenvalue weighted by Gasteiger charge is 2.23. The fourth-order valence-corrected chi connectivity index (χ4v) is 2.90. The summed E-state index contributed by atoms with van der Waals surface area (Å²) in [5.74, 6) is 7.77. The third-order valence-electron chi connectivity index (χ3n) is 3.14. The van der Waals surface area contributed by atoms with Crippen LogP contribution in [0.3, 0.4) is 0 Å². The third-order valence-corrected chi connectivity index (χ3v) is 4.08. The molecule has 0 bridgehead atoms. The molecule has 2 aromatic heterocycles. The molecule has 0 aromatic carbocycles. The van der Waals surface area contributed by atoms with Gasteiger partial charge in [-0.15, -0.1) is 11.3 Å². The summed E-state index contributed by atoms with van der Waals surface area (Å²) in [4.78, 5) is 11.4. The molecule has 3 rings (SSSR count). The maximum absolute atomic E-state index is 5.52. The van der Waals surface area contributed by atoms with Crippen LogP contribution >= 0.6 is 11.3 Å². The molecule has 1 saturated carbocycles. The van der Waals surface area contributed by atoms with E-state index < -0.39 is 0 Å². The van der Waals surface area contributed by atoms with Gasteiger partial charge < -0.3 is 5.43 Å². The number of hydrazine groups is 1. The van der Waals surface area contributed by atoms with Crippen LogP contribution in [0.4, 0.5) is 5.82 Å². The van der Waals surface area contributed by atoms with Crippen LogP contribution in [0.1, 0.15) is 35.9 Å². The van der Waals surface area contributed by atoms with Gasteiger partial charge in [-0.3, -0.25) is 0 Å². The monoisotopic (exact) mass is 234 g/mol. The number of aryl methyl sites for hydroxylation is 1. The fourth-order valence-electron chi connectivity index (χ4n) is 2.02. The molecule has 0 amide bonds. The molecule has 4 nitrogen and oxygen atoms in total. The number of thiophene rings is 1. The van der Waals surface area contributed by atoms with E-state index >= 15 is 0 Å². The molecule has 3 N–H and O–H groups in total. The third kappa shape index (κ3) is 1.47. The largest absolute Gasteiger partial charge is 0.308 e. The lowest BCUT2D eigenvalue weighted by Gasteiger charge is -2.23. The Morgan fingerprint density at radius 2 is 2.25 bits per heavy atom. The highest BCUT2D eigenvalue weighted by Crippen LogP contribution is 2.37. The zero-order valence-corrected chi connectivity index (χ0v) is 9.97.